The van der Waals surface area contributed by atoms with Crippen molar-refractivity contribution in [3.05, 3.63) is 24.5 Å². The van der Waals surface area contributed by atoms with E-state index in [-0.39, 0.29) is 6.79 Å². The molecule has 0 bridgehead atoms. The second kappa shape index (κ2) is 9.98. The summed E-state index contributed by atoms with van der Waals surface area (Å²) in [6.45, 7) is 5.94. The molecule has 1 aliphatic carbocycles. The number of anilines is 3. The predicted octanol–water partition coefficient (Wildman–Crippen LogP) is 4.10. The van der Waals surface area contributed by atoms with E-state index in [2.05, 4.69) is 19.7 Å². The van der Waals surface area contributed by atoms with Gasteiger partial charge in [-0.1, -0.05) is 19.3 Å². The van der Waals surface area contributed by atoms with Crippen molar-refractivity contribution in [3.8, 4) is 11.5 Å². The molecule has 3 aromatic rings. The second-order valence-corrected chi connectivity index (χ2v) is 10.5. The van der Waals surface area contributed by atoms with Crippen LogP contribution in [0.3, 0.4) is 0 Å². The summed E-state index contributed by atoms with van der Waals surface area (Å²) in [6.07, 6.45) is 10.4. The van der Waals surface area contributed by atoms with Gasteiger partial charge in [0.1, 0.15) is 0 Å². The molecular formula is C27H35N7O3. The Morgan fingerprint density at radius 2 is 1.65 bits per heavy atom. The van der Waals surface area contributed by atoms with Gasteiger partial charge in [-0.2, -0.15) is 9.97 Å². The zero-order valence-corrected chi connectivity index (χ0v) is 21.3. The number of hydrogen-bond donors (Lipinski definition) is 1. The number of aromatic nitrogens is 4. The Balaban J connectivity index is 1.19. The van der Waals surface area contributed by atoms with Crippen LogP contribution in [0.1, 0.15) is 51.0 Å². The molecule has 7 rings (SSSR count). The van der Waals surface area contributed by atoms with Gasteiger partial charge < -0.3 is 29.0 Å². The Morgan fingerprint density at radius 3 is 2.49 bits per heavy atom. The number of fused-ring (bicyclic) bond motifs is 2. The Labute approximate surface area is 216 Å². The smallest absolute Gasteiger partial charge is 0.231 e. The van der Waals surface area contributed by atoms with Crippen LogP contribution in [0.25, 0.3) is 11.2 Å². The number of nitrogens with one attached hydrogen (secondary N) is 1. The first-order valence-electron chi connectivity index (χ1n) is 13.8. The lowest BCUT2D eigenvalue weighted by atomic mass is 9.95. The minimum atomic E-state index is 0.257. The number of benzene rings is 1. The summed E-state index contributed by atoms with van der Waals surface area (Å²) in [5, 5.41) is 3.52. The average molecular weight is 506 g/mol. The summed E-state index contributed by atoms with van der Waals surface area (Å²) < 4.78 is 18.9. The molecule has 10 heteroatoms. The molecule has 0 amide bonds. The van der Waals surface area contributed by atoms with E-state index in [1.807, 2.05) is 24.5 Å². The molecule has 0 radical (unpaired) electrons. The minimum absolute atomic E-state index is 0.257. The van der Waals surface area contributed by atoms with Crippen molar-refractivity contribution in [3.63, 3.8) is 0 Å². The summed E-state index contributed by atoms with van der Waals surface area (Å²) in [4.78, 5) is 19.9. The summed E-state index contributed by atoms with van der Waals surface area (Å²) in [5.41, 5.74) is 2.64. The van der Waals surface area contributed by atoms with Crippen LogP contribution >= 0.6 is 0 Å². The van der Waals surface area contributed by atoms with Gasteiger partial charge in [0.25, 0.3) is 0 Å². The van der Waals surface area contributed by atoms with Crippen LogP contribution in [0.15, 0.2) is 24.5 Å². The highest BCUT2D eigenvalue weighted by molar-refractivity contribution is 5.87. The van der Waals surface area contributed by atoms with Gasteiger partial charge in [0, 0.05) is 50.0 Å². The van der Waals surface area contributed by atoms with Crippen molar-refractivity contribution in [1.29, 1.82) is 0 Å². The van der Waals surface area contributed by atoms with Crippen LogP contribution in [0.2, 0.25) is 0 Å². The first-order valence-corrected chi connectivity index (χ1v) is 13.8. The van der Waals surface area contributed by atoms with Crippen LogP contribution in [0.5, 0.6) is 11.5 Å². The first-order chi connectivity index (χ1) is 18.3. The van der Waals surface area contributed by atoms with Gasteiger partial charge in [0.15, 0.2) is 28.5 Å². The number of nitrogens with zero attached hydrogens (tertiary/aromatic N) is 6. The molecule has 1 saturated carbocycles. The fourth-order valence-electron chi connectivity index (χ4n) is 6.24. The van der Waals surface area contributed by atoms with Gasteiger partial charge in [-0.05, 0) is 37.8 Å². The molecule has 0 spiro atoms. The van der Waals surface area contributed by atoms with E-state index in [1.54, 1.807) is 0 Å². The molecule has 2 aromatic heterocycles. The zero-order chi connectivity index (χ0) is 24.6. The minimum Gasteiger partial charge on any atom is -0.454 e. The summed E-state index contributed by atoms with van der Waals surface area (Å²) in [5.74, 6) is 3.04. The van der Waals surface area contributed by atoms with E-state index < -0.39 is 0 Å². The van der Waals surface area contributed by atoms with Crippen molar-refractivity contribution < 1.29 is 14.2 Å². The van der Waals surface area contributed by atoms with Gasteiger partial charge in [-0.3, -0.25) is 4.90 Å². The fourth-order valence-corrected chi connectivity index (χ4v) is 6.24. The highest BCUT2D eigenvalue weighted by atomic mass is 16.7. The molecule has 1 aromatic carbocycles. The molecular weight excluding hydrogens is 470 g/mol. The number of ether oxygens (including phenoxy) is 3. The molecule has 2 saturated heterocycles. The quantitative estimate of drug-likeness (QED) is 0.550. The van der Waals surface area contributed by atoms with E-state index in [0.29, 0.717) is 12.1 Å². The summed E-state index contributed by atoms with van der Waals surface area (Å²) in [6, 6.07) is 6.95. The van der Waals surface area contributed by atoms with Crippen LogP contribution in [-0.2, 0) is 4.74 Å². The normalized spacial score (nSPS) is 21.6. The summed E-state index contributed by atoms with van der Waals surface area (Å²) in [7, 11) is 0. The van der Waals surface area contributed by atoms with Gasteiger partial charge in [-0.15, -0.1) is 0 Å². The zero-order valence-electron chi connectivity index (χ0n) is 21.3. The van der Waals surface area contributed by atoms with Crippen molar-refractivity contribution in [2.45, 2.75) is 57.0 Å². The molecule has 5 heterocycles. The Morgan fingerprint density at radius 1 is 0.838 bits per heavy atom. The third kappa shape index (κ3) is 4.57. The van der Waals surface area contributed by atoms with Crippen LogP contribution in [-0.4, -0.2) is 76.6 Å². The van der Waals surface area contributed by atoms with Crippen molar-refractivity contribution in [2.75, 3.05) is 56.4 Å². The molecule has 3 aliphatic heterocycles. The topological polar surface area (TPSA) is 89.8 Å². The molecule has 1 N–H and O–H groups in total. The van der Waals surface area contributed by atoms with E-state index in [4.69, 9.17) is 29.2 Å². The third-order valence-corrected chi connectivity index (χ3v) is 8.32. The Bertz CT molecular complexity index is 1240. The number of morpholine rings is 1. The number of rotatable bonds is 5. The van der Waals surface area contributed by atoms with E-state index in [1.165, 1.54) is 32.1 Å². The second-order valence-electron chi connectivity index (χ2n) is 10.5. The van der Waals surface area contributed by atoms with E-state index >= 15 is 0 Å². The molecule has 10 nitrogen and oxygen atoms in total. The standard InChI is InChI=1S/C27H35N7O3/c1-2-4-21(5-3-1)34-17-28-24-25(29-19-6-7-22-23(16-19)37-18-36-22)30-27(31-26(24)34)33-10-8-20(9-11-33)32-12-14-35-15-13-32/h6-7,16-17,20-21H,1-5,8-15,18H2,(H,29,30,31). The van der Waals surface area contributed by atoms with Crippen molar-refractivity contribution >= 4 is 28.6 Å². The number of piperidine rings is 1. The molecule has 3 fully saturated rings. The lowest BCUT2D eigenvalue weighted by Gasteiger charge is -2.40. The lowest BCUT2D eigenvalue weighted by molar-refractivity contribution is 0.0114. The maximum Gasteiger partial charge on any atom is 0.231 e. The fraction of sp³-hybridized carbons (Fsp3) is 0.593. The lowest BCUT2D eigenvalue weighted by Crippen LogP contribution is -2.49. The summed E-state index contributed by atoms with van der Waals surface area (Å²) >= 11 is 0. The monoisotopic (exact) mass is 505 g/mol. The maximum atomic E-state index is 5.59. The number of hydrogen-bond acceptors (Lipinski definition) is 9. The van der Waals surface area contributed by atoms with Crippen LogP contribution in [0.4, 0.5) is 17.5 Å². The van der Waals surface area contributed by atoms with Crippen LogP contribution in [0, 0.1) is 0 Å². The highest BCUT2D eigenvalue weighted by Gasteiger charge is 2.28. The Kier molecular flexibility index (Phi) is 6.21. The van der Waals surface area contributed by atoms with Gasteiger partial charge in [0.05, 0.1) is 19.5 Å². The molecule has 0 atom stereocenters. The van der Waals surface area contributed by atoms with Gasteiger partial charge in [-0.25, -0.2) is 4.98 Å². The van der Waals surface area contributed by atoms with E-state index in [0.717, 1.165) is 92.4 Å². The molecule has 37 heavy (non-hydrogen) atoms. The SMILES string of the molecule is c1cc2c(cc1Nc1nc(N3CCC(N4CCOCC4)CC3)nc3c1ncn3C1CCCCC1)OCO2. The Hall–Kier alpha value is -3.11. The third-order valence-electron chi connectivity index (χ3n) is 8.32. The van der Waals surface area contributed by atoms with Crippen molar-refractivity contribution in [2.24, 2.45) is 0 Å². The average Bonchev–Trinajstić information content (AvgIpc) is 3.61. The van der Waals surface area contributed by atoms with Crippen LogP contribution < -0.4 is 19.7 Å². The predicted molar refractivity (Wildman–Crippen MR) is 141 cm³/mol. The van der Waals surface area contributed by atoms with Crippen molar-refractivity contribution in [1.82, 2.24) is 24.4 Å². The van der Waals surface area contributed by atoms with E-state index in [9.17, 15) is 0 Å². The highest BCUT2D eigenvalue weighted by Crippen LogP contribution is 2.37. The first kappa shape index (κ1) is 23.0. The molecule has 0 unspecified atom stereocenters. The largest absolute Gasteiger partial charge is 0.454 e. The molecule has 4 aliphatic rings. The maximum absolute atomic E-state index is 5.59. The van der Waals surface area contributed by atoms with Gasteiger partial charge >= 0.3 is 0 Å². The van der Waals surface area contributed by atoms with Gasteiger partial charge in [0.2, 0.25) is 12.7 Å². The number of imidazole rings is 1. The molecule has 196 valence electrons.